The summed E-state index contributed by atoms with van der Waals surface area (Å²) in [6.45, 7) is 0. The molecule has 0 fully saturated rings. The molecule has 0 aliphatic rings. The van der Waals surface area contributed by atoms with Gasteiger partial charge in [-0.3, -0.25) is 4.79 Å². The van der Waals surface area contributed by atoms with Crippen molar-refractivity contribution in [3.05, 3.63) is 30.4 Å². The van der Waals surface area contributed by atoms with E-state index in [0.717, 1.165) is 11.4 Å². The Bertz CT molecular complexity index is 445. The highest BCUT2D eigenvalue weighted by Crippen LogP contribution is 2.13. The van der Waals surface area contributed by atoms with Gasteiger partial charge in [-0.15, -0.1) is 0 Å². The number of carbonyl (C=O) groups excluding carboxylic acids is 1. The molecule has 0 aromatic carbocycles. The van der Waals surface area contributed by atoms with Crippen LogP contribution in [-0.2, 0) is 16.0 Å². The molecular formula is C10H11N3O2. The van der Waals surface area contributed by atoms with Crippen LogP contribution in [-0.4, -0.2) is 28.0 Å². The minimum Gasteiger partial charge on any atom is -0.469 e. The molecule has 0 aliphatic carbocycles. The average molecular weight is 205 g/mol. The second-order valence-corrected chi connectivity index (χ2v) is 3.08. The first kappa shape index (κ1) is 9.51. The molecule has 2 aromatic heterocycles. The summed E-state index contributed by atoms with van der Waals surface area (Å²) in [5, 5.41) is 0. The minimum absolute atomic E-state index is 0.164. The third-order valence-corrected chi connectivity index (χ3v) is 2.06. The first-order chi connectivity index (χ1) is 7.29. The number of rotatable bonds is 3. The number of hydrogen-bond acceptors (Lipinski definition) is 3. The number of hydrogen-bond donors (Lipinski definition) is 2. The van der Waals surface area contributed by atoms with Gasteiger partial charge in [-0.1, -0.05) is 0 Å². The molecule has 2 rings (SSSR count). The molecule has 0 atom stereocenters. The second-order valence-electron chi connectivity index (χ2n) is 3.08. The molecule has 2 heterocycles. The lowest BCUT2D eigenvalue weighted by Crippen LogP contribution is -2.05. The highest BCUT2D eigenvalue weighted by Gasteiger charge is 2.07. The van der Waals surface area contributed by atoms with E-state index in [0.29, 0.717) is 5.82 Å². The van der Waals surface area contributed by atoms with Crippen molar-refractivity contribution < 1.29 is 9.53 Å². The lowest BCUT2D eigenvalue weighted by Gasteiger charge is -1.95. The molecule has 0 radical (unpaired) electrons. The Kier molecular flexibility index (Phi) is 2.53. The molecule has 5 nitrogen and oxygen atoms in total. The maximum absolute atomic E-state index is 11.0. The maximum Gasteiger partial charge on any atom is 0.313 e. The van der Waals surface area contributed by atoms with Gasteiger partial charge in [0.05, 0.1) is 24.7 Å². The van der Waals surface area contributed by atoms with Gasteiger partial charge in [0.25, 0.3) is 0 Å². The van der Waals surface area contributed by atoms with Gasteiger partial charge in [0, 0.05) is 6.20 Å². The average Bonchev–Trinajstić information content (AvgIpc) is 2.85. The fourth-order valence-corrected chi connectivity index (χ4v) is 1.30. The number of methoxy groups -OCH3 is 1. The van der Waals surface area contributed by atoms with E-state index in [-0.39, 0.29) is 12.4 Å². The van der Waals surface area contributed by atoms with Gasteiger partial charge in [0.2, 0.25) is 0 Å². The van der Waals surface area contributed by atoms with Crippen molar-refractivity contribution >= 4 is 5.97 Å². The van der Waals surface area contributed by atoms with Crippen LogP contribution in [0.4, 0.5) is 0 Å². The van der Waals surface area contributed by atoms with Gasteiger partial charge in [-0.2, -0.15) is 0 Å². The van der Waals surface area contributed by atoms with Crippen LogP contribution in [0.2, 0.25) is 0 Å². The van der Waals surface area contributed by atoms with E-state index in [2.05, 4.69) is 19.7 Å². The predicted molar refractivity (Wildman–Crippen MR) is 54.1 cm³/mol. The van der Waals surface area contributed by atoms with Crippen molar-refractivity contribution in [2.45, 2.75) is 6.42 Å². The van der Waals surface area contributed by atoms with E-state index < -0.39 is 0 Å². The number of esters is 1. The summed E-state index contributed by atoms with van der Waals surface area (Å²) in [7, 11) is 1.36. The number of nitrogens with one attached hydrogen (secondary N) is 2. The molecule has 15 heavy (non-hydrogen) atoms. The zero-order valence-corrected chi connectivity index (χ0v) is 8.28. The second kappa shape index (κ2) is 4.00. The van der Waals surface area contributed by atoms with E-state index in [1.54, 1.807) is 6.20 Å². The number of carbonyl (C=O) groups is 1. The van der Waals surface area contributed by atoms with Gasteiger partial charge in [0.1, 0.15) is 12.2 Å². The van der Waals surface area contributed by atoms with E-state index in [9.17, 15) is 4.79 Å². The lowest BCUT2D eigenvalue weighted by molar-refractivity contribution is -0.139. The van der Waals surface area contributed by atoms with Crippen molar-refractivity contribution in [3.63, 3.8) is 0 Å². The summed E-state index contributed by atoms with van der Waals surface area (Å²) in [5.74, 6) is 0.300. The first-order valence-electron chi connectivity index (χ1n) is 4.54. The molecule has 0 saturated heterocycles. The Morgan fingerprint density at radius 2 is 2.40 bits per heavy atom. The van der Waals surface area contributed by atoms with Crippen molar-refractivity contribution in [3.8, 4) is 11.4 Å². The molecule has 0 saturated carbocycles. The van der Waals surface area contributed by atoms with Gasteiger partial charge >= 0.3 is 5.97 Å². The van der Waals surface area contributed by atoms with Crippen LogP contribution in [0.1, 0.15) is 5.82 Å². The van der Waals surface area contributed by atoms with Crippen LogP contribution in [0, 0.1) is 0 Å². The van der Waals surface area contributed by atoms with Crippen LogP contribution in [0.25, 0.3) is 11.4 Å². The van der Waals surface area contributed by atoms with Gasteiger partial charge in [0.15, 0.2) is 0 Å². The number of nitrogens with zero attached hydrogens (tertiary/aromatic N) is 1. The monoisotopic (exact) mass is 205 g/mol. The minimum atomic E-state index is -0.303. The van der Waals surface area contributed by atoms with Crippen LogP contribution in [0.15, 0.2) is 24.5 Å². The van der Waals surface area contributed by atoms with E-state index in [1.807, 2.05) is 18.3 Å². The molecule has 0 spiro atoms. The quantitative estimate of drug-likeness (QED) is 0.737. The molecule has 5 heteroatoms. The SMILES string of the molecule is COC(=O)Cc1ncc(-c2ccc[nH]2)[nH]1. The van der Waals surface area contributed by atoms with E-state index in [1.165, 1.54) is 7.11 Å². The third-order valence-electron chi connectivity index (χ3n) is 2.06. The number of imidazole rings is 1. The fraction of sp³-hybridized carbons (Fsp3) is 0.200. The number of aromatic nitrogens is 3. The summed E-state index contributed by atoms with van der Waals surface area (Å²) in [6.07, 6.45) is 3.68. The highest BCUT2D eigenvalue weighted by molar-refractivity contribution is 5.71. The van der Waals surface area contributed by atoms with Crippen molar-refractivity contribution in [1.29, 1.82) is 0 Å². The summed E-state index contributed by atoms with van der Waals surface area (Å²) < 4.78 is 4.55. The van der Waals surface area contributed by atoms with Crippen LogP contribution >= 0.6 is 0 Å². The Labute approximate surface area is 86.5 Å². The van der Waals surface area contributed by atoms with Gasteiger partial charge < -0.3 is 14.7 Å². The van der Waals surface area contributed by atoms with Crippen molar-refractivity contribution in [2.75, 3.05) is 7.11 Å². The zero-order valence-electron chi connectivity index (χ0n) is 8.28. The van der Waals surface area contributed by atoms with E-state index in [4.69, 9.17) is 0 Å². The topological polar surface area (TPSA) is 70.8 Å². The van der Waals surface area contributed by atoms with Crippen molar-refractivity contribution in [2.24, 2.45) is 0 Å². The number of aromatic amines is 2. The Morgan fingerprint density at radius 3 is 3.07 bits per heavy atom. The van der Waals surface area contributed by atoms with Crippen LogP contribution < -0.4 is 0 Å². The molecule has 0 aliphatic heterocycles. The Morgan fingerprint density at radius 1 is 1.53 bits per heavy atom. The molecular weight excluding hydrogens is 194 g/mol. The highest BCUT2D eigenvalue weighted by atomic mass is 16.5. The maximum atomic E-state index is 11.0. The molecule has 0 amide bonds. The first-order valence-corrected chi connectivity index (χ1v) is 4.54. The summed E-state index contributed by atoms with van der Waals surface area (Å²) in [4.78, 5) is 21.2. The molecule has 0 bridgehead atoms. The van der Waals surface area contributed by atoms with E-state index >= 15 is 0 Å². The largest absolute Gasteiger partial charge is 0.469 e. The van der Waals surface area contributed by atoms with Gasteiger partial charge in [-0.05, 0) is 12.1 Å². The third kappa shape index (κ3) is 2.07. The van der Waals surface area contributed by atoms with Crippen LogP contribution in [0.5, 0.6) is 0 Å². The Balaban J connectivity index is 2.14. The normalized spacial score (nSPS) is 10.2. The fourth-order valence-electron chi connectivity index (χ4n) is 1.30. The lowest BCUT2D eigenvalue weighted by atomic mass is 10.3. The summed E-state index contributed by atoms with van der Waals surface area (Å²) in [5.41, 5.74) is 1.80. The van der Waals surface area contributed by atoms with Crippen LogP contribution in [0.3, 0.4) is 0 Å². The molecule has 78 valence electrons. The summed E-state index contributed by atoms with van der Waals surface area (Å²) in [6, 6.07) is 3.82. The van der Waals surface area contributed by atoms with Gasteiger partial charge in [-0.25, -0.2) is 4.98 Å². The molecule has 0 unspecified atom stereocenters. The smallest absolute Gasteiger partial charge is 0.313 e. The molecule has 2 aromatic rings. The standard InChI is InChI=1S/C10H11N3O2/c1-15-10(14)5-9-12-6-8(13-9)7-3-2-4-11-7/h2-4,6,11H,5H2,1H3,(H,12,13). The predicted octanol–water partition coefficient (Wildman–Crippen LogP) is 1.12. The number of H-pyrrole nitrogens is 2. The zero-order chi connectivity index (χ0) is 10.7. The number of ether oxygens (including phenoxy) is 1. The molecule has 2 N–H and O–H groups in total. The van der Waals surface area contributed by atoms with Crippen molar-refractivity contribution in [1.82, 2.24) is 15.0 Å². The summed E-state index contributed by atoms with van der Waals surface area (Å²) >= 11 is 0. The Hall–Kier alpha value is -2.04.